The van der Waals surface area contributed by atoms with Gasteiger partial charge in [-0.15, -0.1) is 5.10 Å². The molecule has 6 heteroatoms. The Morgan fingerprint density at radius 3 is 2.95 bits per heavy atom. The number of fused-ring (bicyclic) bond motifs is 1. The average Bonchev–Trinajstić information content (AvgIpc) is 3.03. The maximum atomic E-state index is 12.4. The summed E-state index contributed by atoms with van der Waals surface area (Å²) in [6, 6.07) is 0.472. The van der Waals surface area contributed by atoms with E-state index in [0.29, 0.717) is 23.7 Å². The van der Waals surface area contributed by atoms with Crippen molar-refractivity contribution in [3.63, 3.8) is 0 Å². The minimum absolute atomic E-state index is 0.0145. The van der Waals surface area contributed by atoms with Crippen molar-refractivity contribution < 1.29 is 4.79 Å². The summed E-state index contributed by atoms with van der Waals surface area (Å²) >= 11 is 0. The first-order valence-electron chi connectivity index (χ1n) is 7.26. The van der Waals surface area contributed by atoms with E-state index in [0.717, 1.165) is 25.5 Å². The second kappa shape index (κ2) is 4.30. The first kappa shape index (κ1) is 11.4. The summed E-state index contributed by atoms with van der Waals surface area (Å²) in [6.45, 7) is 2.73. The predicted molar refractivity (Wildman–Crippen MR) is 68.8 cm³/mol. The van der Waals surface area contributed by atoms with Gasteiger partial charge in [-0.1, -0.05) is 0 Å². The molecule has 1 aliphatic carbocycles. The van der Waals surface area contributed by atoms with Gasteiger partial charge in [-0.3, -0.25) is 9.89 Å². The van der Waals surface area contributed by atoms with E-state index in [1.54, 1.807) is 0 Å². The lowest BCUT2D eigenvalue weighted by Crippen LogP contribution is -2.41. The second-order valence-electron chi connectivity index (χ2n) is 5.99. The molecule has 19 heavy (non-hydrogen) atoms. The van der Waals surface area contributed by atoms with Gasteiger partial charge in [0.15, 0.2) is 0 Å². The van der Waals surface area contributed by atoms with Gasteiger partial charge in [-0.25, -0.2) is 4.98 Å². The lowest BCUT2D eigenvalue weighted by Gasteiger charge is -2.24. The van der Waals surface area contributed by atoms with Gasteiger partial charge in [0.25, 0.3) is 5.91 Å². The fourth-order valence-corrected chi connectivity index (χ4v) is 3.26. The Kier molecular flexibility index (Phi) is 2.58. The highest BCUT2D eigenvalue weighted by Crippen LogP contribution is 2.37. The molecular weight excluding hydrogens is 242 g/mol. The van der Waals surface area contributed by atoms with Crippen LogP contribution in [0.15, 0.2) is 0 Å². The van der Waals surface area contributed by atoms with Crippen LogP contribution in [0.5, 0.6) is 0 Å². The first-order valence-corrected chi connectivity index (χ1v) is 7.26. The van der Waals surface area contributed by atoms with Gasteiger partial charge >= 0.3 is 0 Å². The van der Waals surface area contributed by atoms with Gasteiger partial charge in [0.2, 0.25) is 5.82 Å². The van der Waals surface area contributed by atoms with E-state index in [2.05, 4.69) is 20.5 Å². The summed E-state index contributed by atoms with van der Waals surface area (Å²) in [7, 11) is 0. The fraction of sp³-hybridized carbons (Fsp3) is 0.769. The van der Waals surface area contributed by atoms with Gasteiger partial charge in [-0.05, 0) is 38.1 Å². The Morgan fingerprint density at radius 1 is 1.26 bits per heavy atom. The van der Waals surface area contributed by atoms with Gasteiger partial charge in [0.05, 0.1) is 0 Å². The van der Waals surface area contributed by atoms with Crippen LogP contribution >= 0.6 is 0 Å². The van der Waals surface area contributed by atoms with Gasteiger partial charge in [-0.2, -0.15) is 0 Å². The summed E-state index contributed by atoms with van der Waals surface area (Å²) in [5.74, 6) is 2.34. The normalized spacial score (nSPS) is 30.4. The van der Waals surface area contributed by atoms with Crippen LogP contribution in [-0.4, -0.2) is 51.7 Å². The highest BCUT2D eigenvalue weighted by atomic mass is 16.2. The van der Waals surface area contributed by atoms with Crippen molar-refractivity contribution in [1.82, 2.24) is 25.4 Å². The van der Waals surface area contributed by atoms with Crippen molar-refractivity contribution in [3.05, 3.63) is 11.6 Å². The molecule has 1 amide bonds. The number of hydrogen-bond acceptors (Lipinski definition) is 4. The van der Waals surface area contributed by atoms with Crippen molar-refractivity contribution in [3.8, 4) is 0 Å². The third kappa shape index (κ3) is 2.04. The Labute approximate surface area is 112 Å². The third-order valence-corrected chi connectivity index (χ3v) is 4.54. The smallest absolute Gasteiger partial charge is 0.293 e. The molecule has 2 N–H and O–H groups in total. The molecule has 3 heterocycles. The third-order valence-electron chi connectivity index (χ3n) is 4.54. The van der Waals surface area contributed by atoms with Crippen molar-refractivity contribution in [2.24, 2.45) is 5.92 Å². The Morgan fingerprint density at radius 2 is 2.16 bits per heavy atom. The maximum absolute atomic E-state index is 12.4. The molecule has 0 spiro atoms. The number of carbonyl (C=O) groups excluding carboxylic acids is 1. The topological polar surface area (TPSA) is 73.9 Å². The molecule has 3 aliphatic rings. The van der Waals surface area contributed by atoms with Crippen LogP contribution in [0, 0.1) is 5.92 Å². The number of likely N-dealkylation sites (tertiary alicyclic amines) is 1. The molecule has 102 valence electrons. The lowest BCUT2D eigenvalue weighted by molar-refractivity contribution is 0.0774. The van der Waals surface area contributed by atoms with E-state index >= 15 is 0 Å². The van der Waals surface area contributed by atoms with E-state index in [1.807, 2.05) is 4.90 Å². The summed E-state index contributed by atoms with van der Waals surface area (Å²) < 4.78 is 0. The molecule has 1 saturated carbocycles. The van der Waals surface area contributed by atoms with Crippen LogP contribution in [0.4, 0.5) is 0 Å². The lowest BCUT2D eigenvalue weighted by atomic mass is 9.94. The number of aromatic amines is 1. The maximum Gasteiger partial charge on any atom is 0.293 e. The number of nitrogens with zero attached hydrogens (tertiary/aromatic N) is 3. The van der Waals surface area contributed by atoms with Gasteiger partial charge in [0, 0.05) is 25.0 Å². The molecule has 4 rings (SSSR count). The Hall–Kier alpha value is -1.43. The number of piperidine rings is 1. The summed E-state index contributed by atoms with van der Waals surface area (Å²) in [4.78, 5) is 18.7. The number of amides is 1. The number of rotatable bonds is 2. The first-order chi connectivity index (χ1) is 9.31. The molecule has 0 bridgehead atoms. The van der Waals surface area contributed by atoms with E-state index < -0.39 is 0 Å². The van der Waals surface area contributed by atoms with Crippen LogP contribution in [0.1, 0.15) is 48.0 Å². The van der Waals surface area contributed by atoms with Crippen LogP contribution in [0.25, 0.3) is 0 Å². The minimum atomic E-state index is -0.0145. The van der Waals surface area contributed by atoms with Crippen LogP contribution in [0.3, 0.4) is 0 Å². The van der Waals surface area contributed by atoms with E-state index in [9.17, 15) is 4.79 Å². The average molecular weight is 261 g/mol. The molecule has 0 radical (unpaired) electrons. The molecule has 6 nitrogen and oxygen atoms in total. The summed E-state index contributed by atoms with van der Waals surface area (Å²) in [5, 5.41) is 10.5. The second-order valence-corrected chi connectivity index (χ2v) is 5.99. The summed E-state index contributed by atoms with van der Waals surface area (Å²) in [6.07, 6.45) is 4.78. The van der Waals surface area contributed by atoms with Crippen LogP contribution < -0.4 is 5.32 Å². The number of hydrogen-bond donors (Lipinski definition) is 2. The standard InChI is InChI=1S/C13H19N5O/c19-13(12-15-11(16-17-12)8-3-4-8)18-6-9-2-1-5-14-10(9)7-18/h8-10,14H,1-7H2,(H,15,16,17). The zero-order valence-corrected chi connectivity index (χ0v) is 10.9. The number of carbonyl (C=O) groups is 1. The van der Waals surface area contributed by atoms with Crippen molar-refractivity contribution >= 4 is 5.91 Å². The molecule has 2 unspecified atom stereocenters. The number of aromatic nitrogens is 3. The number of nitrogens with one attached hydrogen (secondary N) is 2. The molecule has 2 aliphatic heterocycles. The Balaban J connectivity index is 1.47. The fourth-order valence-electron chi connectivity index (χ4n) is 3.26. The van der Waals surface area contributed by atoms with Crippen LogP contribution in [-0.2, 0) is 0 Å². The highest BCUT2D eigenvalue weighted by Gasteiger charge is 2.38. The predicted octanol–water partition coefficient (Wildman–Crippen LogP) is 0.506. The quantitative estimate of drug-likeness (QED) is 0.813. The van der Waals surface area contributed by atoms with E-state index in [-0.39, 0.29) is 5.91 Å². The Bertz CT molecular complexity index is 481. The molecule has 0 aromatic carbocycles. The van der Waals surface area contributed by atoms with Gasteiger partial charge in [0.1, 0.15) is 5.82 Å². The molecule has 3 fully saturated rings. The highest BCUT2D eigenvalue weighted by molar-refractivity contribution is 5.90. The SMILES string of the molecule is O=C(c1n[nH]c(C2CC2)n1)N1CC2CCCNC2C1. The van der Waals surface area contributed by atoms with Gasteiger partial charge < -0.3 is 10.2 Å². The van der Waals surface area contributed by atoms with Crippen molar-refractivity contribution in [1.29, 1.82) is 0 Å². The van der Waals surface area contributed by atoms with E-state index in [4.69, 9.17) is 0 Å². The van der Waals surface area contributed by atoms with Crippen molar-refractivity contribution in [2.45, 2.75) is 37.6 Å². The van der Waals surface area contributed by atoms with E-state index in [1.165, 1.54) is 25.7 Å². The molecular formula is C13H19N5O. The number of H-pyrrole nitrogens is 1. The van der Waals surface area contributed by atoms with Crippen molar-refractivity contribution in [2.75, 3.05) is 19.6 Å². The minimum Gasteiger partial charge on any atom is -0.334 e. The zero-order chi connectivity index (χ0) is 12.8. The summed E-state index contributed by atoms with van der Waals surface area (Å²) in [5.41, 5.74) is 0. The zero-order valence-electron chi connectivity index (χ0n) is 10.9. The largest absolute Gasteiger partial charge is 0.334 e. The van der Waals surface area contributed by atoms with Crippen LogP contribution in [0.2, 0.25) is 0 Å². The molecule has 1 aromatic heterocycles. The molecule has 1 aromatic rings. The molecule has 2 saturated heterocycles. The monoisotopic (exact) mass is 261 g/mol. The molecule has 2 atom stereocenters.